The van der Waals surface area contributed by atoms with Gasteiger partial charge in [-0.15, -0.1) is 11.3 Å². The smallest absolute Gasteiger partial charge is 0.141 e. The van der Waals surface area contributed by atoms with Crippen molar-refractivity contribution in [3.8, 4) is 0 Å². The standard InChI is InChI=1S/C13H17ClOS/c14-13-8-7-11(16-13)9-12(15)10-5-3-1-2-4-6-10/h7-8,10H,1-6,9H2. The van der Waals surface area contributed by atoms with E-state index in [1.165, 1.54) is 37.0 Å². The molecule has 1 aromatic heterocycles. The Morgan fingerprint density at radius 3 is 2.50 bits per heavy atom. The van der Waals surface area contributed by atoms with Crippen LogP contribution < -0.4 is 0 Å². The molecule has 0 radical (unpaired) electrons. The Hall–Kier alpha value is -0.340. The summed E-state index contributed by atoms with van der Waals surface area (Å²) in [5.41, 5.74) is 0. The third-order valence-corrected chi connectivity index (χ3v) is 4.52. The lowest BCUT2D eigenvalue weighted by molar-refractivity contribution is -0.122. The van der Waals surface area contributed by atoms with E-state index in [1.54, 1.807) is 0 Å². The van der Waals surface area contributed by atoms with Crippen molar-refractivity contribution < 1.29 is 4.79 Å². The molecule has 0 N–H and O–H groups in total. The van der Waals surface area contributed by atoms with Crippen molar-refractivity contribution in [2.24, 2.45) is 5.92 Å². The molecule has 0 bridgehead atoms. The Morgan fingerprint density at radius 1 is 1.25 bits per heavy atom. The van der Waals surface area contributed by atoms with E-state index in [2.05, 4.69) is 0 Å². The first-order valence-electron chi connectivity index (χ1n) is 6.02. The molecule has 0 aromatic carbocycles. The normalized spacial score (nSPS) is 18.3. The average Bonchev–Trinajstić information content (AvgIpc) is 2.56. The Labute approximate surface area is 106 Å². The molecule has 16 heavy (non-hydrogen) atoms. The number of ketones is 1. The molecule has 0 amide bonds. The maximum Gasteiger partial charge on any atom is 0.141 e. The Morgan fingerprint density at radius 2 is 1.94 bits per heavy atom. The first kappa shape index (κ1) is 12.1. The summed E-state index contributed by atoms with van der Waals surface area (Å²) in [5, 5.41) is 0. The zero-order valence-electron chi connectivity index (χ0n) is 9.38. The fourth-order valence-corrected chi connectivity index (χ4v) is 3.46. The monoisotopic (exact) mass is 256 g/mol. The molecule has 0 atom stereocenters. The average molecular weight is 257 g/mol. The van der Waals surface area contributed by atoms with E-state index in [0.717, 1.165) is 22.1 Å². The van der Waals surface area contributed by atoms with Crippen molar-refractivity contribution in [2.75, 3.05) is 0 Å². The van der Waals surface area contributed by atoms with Crippen LogP contribution in [0.4, 0.5) is 0 Å². The summed E-state index contributed by atoms with van der Waals surface area (Å²) in [5.74, 6) is 0.726. The molecule has 2 rings (SSSR count). The van der Waals surface area contributed by atoms with Crippen LogP contribution in [0.2, 0.25) is 4.34 Å². The van der Waals surface area contributed by atoms with Crippen LogP contribution >= 0.6 is 22.9 Å². The van der Waals surface area contributed by atoms with Crippen molar-refractivity contribution >= 4 is 28.7 Å². The lowest BCUT2D eigenvalue weighted by atomic mass is 9.93. The van der Waals surface area contributed by atoms with E-state index in [4.69, 9.17) is 11.6 Å². The highest BCUT2D eigenvalue weighted by atomic mass is 35.5. The first-order chi connectivity index (χ1) is 7.75. The van der Waals surface area contributed by atoms with E-state index in [-0.39, 0.29) is 0 Å². The highest BCUT2D eigenvalue weighted by molar-refractivity contribution is 7.16. The van der Waals surface area contributed by atoms with Gasteiger partial charge in [-0.3, -0.25) is 4.79 Å². The SMILES string of the molecule is O=C(Cc1ccc(Cl)s1)C1CCCCCC1. The minimum absolute atomic E-state index is 0.309. The van der Waals surface area contributed by atoms with Gasteiger partial charge in [0.25, 0.3) is 0 Å². The van der Waals surface area contributed by atoms with Crippen LogP contribution in [0.25, 0.3) is 0 Å². The Bertz CT molecular complexity index is 351. The largest absolute Gasteiger partial charge is 0.299 e. The number of carbonyl (C=O) groups excluding carboxylic acids is 1. The number of hydrogen-bond donors (Lipinski definition) is 0. The van der Waals surface area contributed by atoms with Gasteiger partial charge in [0, 0.05) is 17.2 Å². The second-order valence-corrected chi connectivity index (χ2v) is 6.34. The van der Waals surface area contributed by atoms with Crippen LogP contribution in [-0.2, 0) is 11.2 Å². The van der Waals surface area contributed by atoms with Gasteiger partial charge in [-0.05, 0) is 25.0 Å². The number of thiophene rings is 1. The van der Waals surface area contributed by atoms with Crippen LogP contribution in [0.5, 0.6) is 0 Å². The van der Waals surface area contributed by atoms with Gasteiger partial charge >= 0.3 is 0 Å². The van der Waals surface area contributed by atoms with Crippen LogP contribution in [-0.4, -0.2) is 5.78 Å². The van der Waals surface area contributed by atoms with Crippen LogP contribution in [0.3, 0.4) is 0 Å². The summed E-state index contributed by atoms with van der Waals surface area (Å²) in [4.78, 5) is 13.2. The Kier molecular flexibility index (Phi) is 4.42. The van der Waals surface area contributed by atoms with Gasteiger partial charge in [-0.25, -0.2) is 0 Å². The highest BCUT2D eigenvalue weighted by Crippen LogP contribution is 2.27. The van der Waals surface area contributed by atoms with E-state index < -0.39 is 0 Å². The fourth-order valence-electron chi connectivity index (χ4n) is 2.36. The third kappa shape index (κ3) is 3.33. The van der Waals surface area contributed by atoms with Gasteiger partial charge < -0.3 is 0 Å². The molecule has 1 nitrogen and oxygen atoms in total. The molecule has 1 aromatic rings. The zero-order valence-corrected chi connectivity index (χ0v) is 10.9. The van der Waals surface area contributed by atoms with E-state index in [1.807, 2.05) is 12.1 Å². The fraction of sp³-hybridized carbons (Fsp3) is 0.615. The number of rotatable bonds is 3. The van der Waals surface area contributed by atoms with Gasteiger partial charge in [-0.2, -0.15) is 0 Å². The summed E-state index contributed by atoms with van der Waals surface area (Å²) in [6.07, 6.45) is 7.82. The van der Waals surface area contributed by atoms with Crippen molar-refractivity contribution in [2.45, 2.75) is 44.9 Å². The van der Waals surface area contributed by atoms with Gasteiger partial charge in [0.2, 0.25) is 0 Å². The summed E-state index contributed by atoms with van der Waals surface area (Å²) in [6.45, 7) is 0. The molecule has 1 aliphatic carbocycles. The molecule has 0 aliphatic heterocycles. The predicted molar refractivity (Wildman–Crippen MR) is 69.2 cm³/mol. The summed E-state index contributed by atoms with van der Waals surface area (Å²) >= 11 is 7.39. The van der Waals surface area contributed by atoms with Crippen LogP contribution in [0, 0.1) is 5.92 Å². The van der Waals surface area contributed by atoms with Crippen molar-refractivity contribution in [3.05, 3.63) is 21.3 Å². The number of halogens is 1. The molecular weight excluding hydrogens is 240 g/mol. The lowest BCUT2D eigenvalue weighted by Crippen LogP contribution is -2.15. The molecule has 0 saturated heterocycles. The number of hydrogen-bond acceptors (Lipinski definition) is 2. The van der Waals surface area contributed by atoms with Crippen LogP contribution in [0.1, 0.15) is 43.4 Å². The molecule has 1 aliphatic rings. The highest BCUT2D eigenvalue weighted by Gasteiger charge is 2.20. The summed E-state index contributed by atoms with van der Waals surface area (Å²) in [6, 6.07) is 3.85. The van der Waals surface area contributed by atoms with Crippen molar-refractivity contribution in [3.63, 3.8) is 0 Å². The van der Waals surface area contributed by atoms with E-state index in [9.17, 15) is 4.79 Å². The molecule has 1 saturated carbocycles. The van der Waals surface area contributed by atoms with Crippen molar-refractivity contribution in [1.82, 2.24) is 0 Å². The topological polar surface area (TPSA) is 17.1 Å². The molecule has 0 spiro atoms. The quantitative estimate of drug-likeness (QED) is 0.729. The second-order valence-electron chi connectivity index (χ2n) is 4.54. The van der Waals surface area contributed by atoms with E-state index >= 15 is 0 Å². The summed E-state index contributed by atoms with van der Waals surface area (Å²) < 4.78 is 0.781. The summed E-state index contributed by atoms with van der Waals surface area (Å²) in [7, 11) is 0. The second kappa shape index (κ2) is 5.83. The maximum absolute atomic E-state index is 12.1. The van der Waals surface area contributed by atoms with Crippen molar-refractivity contribution in [1.29, 1.82) is 0 Å². The molecule has 1 heterocycles. The molecule has 88 valence electrons. The van der Waals surface area contributed by atoms with Gasteiger partial charge in [0.1, 0.15) is 5.78 Å². The minimum atomic E-state index is 0.309. The number of carbonyl (C=O) groups is 1. The van der Waals surface area contributed by atoms with E-state index in [0.29, 0.717) is 18.1 Å². The van der Waals surface area contributed by atoms with Gasteiger partial charge in [-0.1, -0.05) is 37.3 Å². The molecule has 1 fully saturated rings. The van der Waals surface area contributed by atoms with Gasteiger partial charge in [0.15, 0.2) is 0 Å². The zero-order chi connectivity index (χ0) is 11.4. The molecule has 3 heteroatoms. The predicted octanol–water partition coefficient (Wildman–Crippen LogP) is 4.48. The third-order valence-electron chi connectivity index (χ3n) is 3.29. The number of Topliss-reactive ketones (excluding diaryl/α,β-unsaturated/α-hetero) is 1. The maximum atomic E-state index is 12.1. The minimum Gasteiger partial charge on any atom is -0.299 e. The van der Waals surface area contributed by atoms with Gasteiger partial charge in [0.05, 0.1) is 4.34 Å². The molecule has 0 unspecified atom stereocenters. The lowest BCUT2D eigenvalue weighted by Gasteiger charge is -2.11. The van der Waals surface area contributed by atoms with Crippen LogP contribution in [0.15, 0.2) is 12.1 Å². The Balaban J connectivity index is 1.91. The molecular formula is C13H17ClOS. The first-order valence-corrected chi connectivity index (χ1v) is 7.22.